The van der Waals surface area contributed by atoms with Crippen molar-refractivity contribution in [3.63, 3.8) is 0 Å². The molecule has 0 aromatic carbocycles. The van der Waals surface area contributed by atoms with Gasteiger partial charge in [-0.25, -0.2) is 13.9 Å². The van der Waals surface area contributed by atoms with Gasteiger partial charge in [0, 0.05) is 34.3 Å². The van der Waals surface area contributed by atoms with Gasteiger partial charge < -0.3 is 9.47 Å². The Labute approximate surface area is 152 Å². The maximum Gasteiger partial charge on any atom is 0.402 e. The summed E-state index contributed by atoms with van der Waals surface area (Å²) in [6.07, 6.45) is 0.844. The number of methoxy groups -OCH3 is 2. The number of nitrogens with zero attached hydrogens (tertiary/aromatic N) is 5. The van der Waals surface area contributed by atoms with E-state index in [1.807, 2.05) is 18.4 Å². The van der Waals surface area contributed by atoms with E-state index >= 15 is 0 Å². The minimum atomic E-state index is -0.605. The number of hydrogen-bond donors (Lipinski definition) is 0. The molecular weight excluding hydrogens is 338 g/mol. The number of ether oxygens (including phenoxy) is 2. The average Bonchev–Trinajstić information content (AvgIpc) is 3.12. The third kappa shape index (κ3) is 2.71. The fraction of sp³-hybridized carbons (Fsp3) is 0.647. The number of carbonyl (C=O) groups is 2. The number of hydrogen-bond acceptors (Lipinski definition) is 5. The second-order valence-corrected chi connectivity index (χ2v) is 6.54. The van der Waals surface area contributed by atoms with Gasteiger partial charge in [0.1, 0.15) is 11.4 Å². The Morgan fingerprint density at radius 2 is 1.85 bits per heavy atom. The molecule has 26 heavy (non-hydrogen) atoms. The van der Waals surface area contributed by atoms with Gasteiger partial charge in [-0.05, 0) is 13.8 Å². The lowest BCUT2D eigenvalue weighted by atomic mass is 10.1. The highest BCUT2D eigenvalue weighted by atomic mass is 16.5. The zero-order valence-corrected chi connectivity index (χ0v) is 16.0. The standard InChI is InChI=1S/C17H26N5O4/c1-11-12(2)22-13-14(18-16(22)20(11)7-6-9-25-4)19(3)17(24)21(15(13)23)8-10-26-5/h13H,6-10H2,1-5H3/q+1. The van der Waals surface area contributed by atoms with Gasteiger partial charge in [-0.15, -0.1) is 0 Å². The number of amidine groups is 1. The molecule has 3 rings (SSSR count). The van der Waals surface area contributed by atoms with Gasteiger partial charge in [0.05, 0.1) is 19.7 Å². The Morgan fingerprint density at radius 1 is 1.15 bits per heavy atom. The lowest BCUT2D eigenvalue weighted by molar-refractivity contribution is -0.689. The lowest BCUT2D eigenvalue weighted by Crippen LogP contribution is -2.58. The molecule has 0 radical (unpaired) electrons. The molecule has 0 spiro atoms. The van der Waals surface area contributed by atoms with Crippen molar-refractivity contribution in [3.8, 4) is 0 Å². The summed E-state index contributed by atoms with van der Waals surface area (Å²) in [4.78, 5) is 33.0. The Hall–Kier alpha value is -2.26. The molecule has 9 nitrogen and oxygen atoms in total. The van der Waals surface area contributed by atoms with E-state index < -0.39 is 6.04 Å². The second-order valence-electron chi connectivity index (χ2n) is 6.54. The van der Waals surface area contributed by atoms with Gasteiger partial charge in [-0.3, -0.25) is 14.6 Å². The Balaban J connectivity index is 2.01. The molecule has 1 unspecified atom stereocenters. The summed E-state index contributed by atoms with van der Waals surface area (Å²) in [5, 5.41) is 0. The van der Waals surface area contributed by atoms with Gasteiger partial charge in [-0.2, -0.15) is 0 Å². The molecule has 1 fully saturated rings. The topological polar surface area (TPSA) is 80.2 Å². The minimum absolute atomic E-state index is 0.227. The van der Waals surface area contributed by atoms with Crippen LogP contribution in [-0.4, -0.2) is 73.2 Å². The van der Waals surface area contributed by atoms with Crippen LogP contribution < -0.4 is 4.57 Å². The highest BCUT2D eigenvalue weighted by Crippen LogP contribution is 2.35. The summed E-state index contributed by atoms with van der Waals surface area (Å²) in [5.41, 5.74) is 2.04. The van der Waals surface area contributed by atoms with Crippen LogP contribution in [0.15, 0.2) is 4.99 Å². The fourth-order valence-electron chi connectivity index (χ4n) is 3.53. The Kier molecular flexibility index (Phi) is 5.10. The highest BCUT2D eigenvalue weighted by molar-refractivity contribution is 6.20. The molecule has 0 bridgehead atoms. The molecule has 2 aliphatic heterocycles. The molecule has 1 saturated heterocycles. The van der Waals surface area contributed by atoms with E-state index in [9.17, 15) is 9.59 Å². The SMILES string of the molecule is COCCC[n+]1c(C)c(C)n2c1N=C1C2C(=O)N(CCOC)C(=O)N1C. The first kappa shape index (κ1) is 18.5. The van der Waals surface area contributed by atoms with Crippen molar-refractivity contribution in [1.82, 2.24) is 14.4 Å². The summed E-state index contributed by atoms with van der Waals surface area (Å²) in [7, 11) is 4.88. The number of likely N-dealkylation sites (N-methyl/N-ethyl adjacent to an activating group) is 1. The first-order chi connectivity index (χ1) is 12.4. The van der Waals surface area contributed by atoms with Crippen molar-refractivity contribution in [2.75, 3.05) is 41.0 Å². The van der Waals surface area contributed by atoms with Gasteiger partial charge in [0.25, 0.3) is 5.91 Å². The van der Waals surface area contributed by atoms with Crippen LogP contribution in [0.25, 0.3) is 0 Å². The number of fused-ring (bicyclic) bond motifs is 3. The van der Waals surface area contributed by atoms with E-state index in [0.29, 0.717) is 25.0 Å². The summed E-state index contributed by atoms with van der Waals surface area (Å²) >= 11 is 0. The predicted molar refractivity (Wildman–Crippen MR) is 93.5 cm³/mol. The number of rotatable bonds is 7. The molecule has 9 heteroatoms. The first-order valence-corrected chi connectivity index (χ1v) is 8.70. The maximum absolute atomic E-state index is 13.1. The Morgan fingerprint density at radius 3 is 2.50 bits per heavy atom. The molecule has 1 aromatic heterocycles. The summed E-state index contributed by atoms with van der Waals surface area (Å²) in [5.74, 6) is 0.926. The van der Waals surface area contributed by atoms with Crippen molar-refractivity contribution in [2.24, 2.45) is 4.99 Å². The number of aromatic nitrogens is 2. The van der Waals surface area contributed by atoms with Gasteiger partial charge in [0.2, 0.25) is 11.9 Å². The van der Waals surface area contributed by atoms with E-state index in [1.165, 1.54) is 9.80 Å². The number of aliphatic imine (C=N–C) groups is 1. The molecular formula is C17H26N5O4+. The number of urea groups is 1. The lowest BCUT2D eigenvalue weighted by Gasteiger charge is -2.33. The molecule has 0 N–H and O–H groups in total. The van der Waals surface area contributed by atoms with Crippen LogP contribution in [0.2, 0.25) is 0 Å². The van der Waals surface area contributed by atoms with Crippen molar-refractivity contribution < 1.29 is 23.6 Å². The number of imide groups is 1. The molecule has 0 saturated carbocycles. The monoisotopic (exact) mass is 364 g/mol. The first-order valence-electron chi connectivity index (χ1n) is 8.70. The van der Waals surface area contributed by atoms with Crippen molar-refractivity contribution >= 4 is 23.7 Å². The van der Waals surface area contributed by atoms with Crippen LogP contribution in [0.4, 0.5) is 10.7 Å². The molecule has 0 aliphatic carbocycles. The van der Waals surface area contributed by atoms with Gasteiger partial charge in [-0.1, -0.05) is 4.99 Å². The van der Waals surface area contributed by atoms with Gasteiger partial charge >= 0.3 is 12.0 Å². The quantitative estimate of drug-likeness (QED) is 0.523. The zero-order valence-electron chi connectivity index (χ0n) is 16.0. The van der Waals surface area contributed by atoms with Crippen LogP contribution in [-0.2, 0) is 20.8 Å². The van der Waals surface area contributed by atoms with E-state index in [4.69, 9.17) is 9.47 Å². The molecule has 1 aromatic rings. The third-order valence-corrected chi connectivity index (χ3v) is 5.07. The van der Waals surface area contributed by atoms with Crippen LogP contribution in [0.1, 0.15) is 23.9 Å². The molecule has 2 aliphatic rings. The highest BCUT2D eigenvalue weighted by Gasteiger charge is 2.53. The Bertz CT molecular complexity index is 770. The second kappa shape index (κ2) is 7.16. The fourth-order valence-corrected chi connectivity index (χ4v) is 3.53. The smallest absolute Gasteiger partial charge is 0.385 e. The summed E-state index contributed by atoms with van der Waals surface area (Å²) in [6, 6.07) is -0.972. The summed E-state index contributed by atoms with van der Waals surface area (Å²) < 4.78 is 14.2. The van der Waals surface area contributed by atoms with E-state index in [0.717, 1.165) is 24.4 Å². The number of imidazole rings is 1. The maximum atomic E-state index is 13.1. The van der Waals surface area contributed by atoms with Gasteiger partial charge in [0.15, 0.2) is 0 Å². The van der Waals surface area contributed by atoms with Crippen LogP contribution >= 0.6 is 0 Å². The number of carbonyl (C=O) groups excluding carboxylic acids is 2. The van der Waals surface area contributed by atoms with Crippen molar-refractivity contribution in [2.45, 2.75) is 32.9 Å². The van der Waals surface area contributed by atoms with Crippen LogP contribution in [0.5, 0.6) is 0 Å². The van der Waals surface area contributed by atoms with Crippen molar-refractivity contribution in [3.05, 3.63) is 11.4 Å². The summed E-state index contributed by atoms with van der Waals surface area (Å²) in [6.45, 7) is 5.92. The normalized spacial score (nSPS) is 19.1. The molecule has 142 valence electrons. The molecule has 3 heterocycles. The largest absolute Gasteiger partial charge is 0.402 e. The predicted octanol–water partition coefficient (Wildman–Crippen LogP) is 0.554. The van der Waals surface area contributed by atoms with E-state index in [1.54, 1.807) is 21.3 Å². The number of amides is 3. The van der Waals surface area contributed by atoms with Crippen LogP contribution in [0.3, 0.4) is 0 Å². The minimum Gasteiger partial charge on any atom is -0.385 e. The van der Waals surface area contributed by atoms with Crippen molar-refractivity contribution in [1.29, 1.82) is 0 Å². The average molecular weight is 364 g/mol. The van der Waals surface area contributed by atoms with E-state index in [2.05, 4.69) is 9.56 Å². The van der Waals surface area contributed by atoms with E-state index in [-0.39, 0.29) is 18.5 Å². The third-order valence-electron chi connectivity index (χ3n) is 5.07. The molecule has 3 amide bonds. The molecule has 1 atom stereocenters. The zero-order chi connectivity index (χ0) is 19.0. The van der Waals surface area contributed by atoms with Crippen LogP contribution in [0, 0.1) is 13.8 Å².